The van der Waals surface area contributed by atoms with Gasteiger partial charge in [-0.15, -0.1) is 0 Å². The van der Waals surface area contributed by atoms with Crippen molar-refractivity contribution in [1.82, 2.24) is 14.4 Å². The maximum Gasteiger partial charge on any atom is 0.326 e. The Morgan fingerprint density at radius 1 is 0.430 bits per heavy atom. The molecule has 86 heavy (non-hydrogen) atoms. The SMILES string of the molecule is CN1B(c2ccccc2)c2ccc(Oc3ccc4c5ccccc5n(-c5cc(C(C)(C)C)ccn5)c4c3)cc2N2CN(c3c(-c4cc(-c5ccccc5)cc(-c5ccccc5)c4)cccc3-c3cc(-c4ccccc4)cc(-c4ccccc4)c3)C=C12. The second-order valence-corrected chi connectivity index (χ2v) is 23.7. The summed E-state index contributed by atoms with van der Waals surface area (Å²) in [5, 5.41) is 2.32. The summed E-state index contributed by atoms with van der Waals surface area (Å²) in [7, 11) is 2.24. The maximum atomic E-state index is 7.08. The van der Waals surface area contributed by atoms with Crippen molar-refractivity contribution in [2.45, 2.75) is 26.2 Å². The summed E-state index contributed by atoms with van der Waals surface area (Å²) in [6.45, 7) is 7.21. The number of aromatic nitrogens is 2. The average molecular weight is 1110 g/mol. The van der Waals surface area contributed by atoms with Crippen molar-refractivity contribution in [3.63, 3.8) is 0 Å². The molecule has 412 valence electrons. The lowest BCUT2D eigenvalue weighted by atomic mass is 9.48. The van der Waals surface area contributed by atoms with Gasteiger partial charge in [0.2, 0.25) is 0 Å². The molecule has 0 saturated heterocycles. The lowest BCUT2D eigenvalue weighted by molar-refractivity contribution is 0.483. The maximum absolute atomic E-state index is 7.08. The van der Waals surface area contributed by atoms with Crippen molar-refractivity contribution >= 4 is 51.0 Å². The number of benzene rings is 11. The van der Waals surface area contributed by atoms with E-state index < -0.39 is 0 Å². The van der Waals surface area contributed by atoms with Crippen LogP contribution in [0.5, 0.6) is 11.5 Å². The van der Waals surface area contributed by atoms with Gasteiger partial charge in [-0.1, -0.05) is 220 Å². The van der Waals surface area contributed by atoms with Gasteiger partial charge in [0.25, 0.3) is 0 Å². The molecule has 2 aliphatic rings. The number of para-hydroxylation sites is 2. The first-order valence-corrected chi connectivity index (χ1v) is 29.7. The van der Waals surface area contributed by atoms with Gasteiger partial charge in [0.1, 0.15) is 29.8 Å². The molecule has 2 aliphatic heterocycles. The Morgan fingerprint density at radius 3 is 1.48 bits per heavy atom. The number of nitrogens with zero attached hydrogens (tertiary/aromatic N) is 5. The highest BCUT2D eigenvalue weighted by atomic mass is 16.5. The molecule has 0 amide bonds. The first kappa shape index (κ1) is 52.2. The van der Waals surface area contributed by atoms with E-state index in [0.717, 1.165) is 95.4 Å². The average Bonchev–Trinajstić information content (AvgIpc) is 2.01. The van der Waals surface area contributed by atoms with Crippen molar-refractivity contribution in [2.75, 3.05) is 23.5 Å². The summed E-state index contributed by atoms with van der Waals surface area (Å²) in [6.07, 6.45) is 4.31. The van der Waals surface area contributed by atoms with Crippen LogP contribution in [-0.4, -0.2) is 34.9 Å². The molecule has 0 saturated carbocycles. The molecule has 6 nitrogen and oxygen atoms in total. The molecule has 11 aromatic carbocycles. The van der Waals surface area contributed by atoms with Gasteiger partial charge >= 0.3 is 6.85 Å². The van der Waals surface area contributed by atoms with Gasteiger partial charge in [-0.25, -0.2) is 4.98 Å². The normalized spacial score (nSPS) is 13.0. The minimum Gasteiger partial charge on any atom is -0.457 e. The van der Waals surface area contributed by atoms with Crippen molar-refractivity contribution in [1.29, 1.82) is 0 Å². The molecular weight excluding hydrogens is 1050 g/mol. The minimum atomic E-state index is -0.0761. The fourth-order valence-corrected chi connectivity index (χ4v) is 13.0. The van der Waals surface area contributed by atoms with E-state index in [1.807, 2.05) is 6.20 Å². The van der Waals surface area contributed by atoms with E-state index in [9.17, 15) is 0 Å². The number of ether oxygens (including phenoxy) is 1. The topological polar surface area (TPSA) is 36.8 Å². The van der Waals surface area contributed by atoms with Crippen LogP contribution in [0.3, 0.4) is 0 Å². The number of rotatable bonds is 11. The standard InChI is InChI=1S/C79H62BN5O/c1-79(2,3)64-41-42-81-76(49-64)85-73-36-21-20-33-70(73)71-39-37-66(50-74(71)85)86-67-38-40-72-75(51-67)84-53-83(52-77(84)82(4)80(72)65-31-18-9-19-32-65)78-68(62-45-58(54-23-10-5-11-24-54)43-59(46-62)55-25-12-6-13-26-55)34-22-35-69(78)63-47-60(56-27-14-7-15-28-56)44-61(48-63)57-29-16-8-17-30-57/h5-52H,53H2,1-4H3. The van der Waals surface area contributed by atoms with Crippen molar-refractivity contribution in [2.24, 2.45) is 0 Å². The van der Waals surface area contributed by atoms with Crippen LogP contribution in [0.2, 0.25) is 0 Å². The van der Waals surface area contributed by atoms with Gasteiger partial charge in [0.15, 0.2) is 0 Å². The highest BCUT2D eigenvalue weighted by Crippen LogP contribution is 2.47. The van der Waals surface area contributed by atoms with E-state index in [0.29, 0.717) is 6.67 Å². The quantitative estimate of drug-likeness (QED) is 0.121. The second-order valence-electron chi connectivity index (χ2n) is 23.7. The predicted molar refractivity (Wildman–Crippen MR) is 360 cm³/mol. The number of pyridine rings is 1. The highest BCUT2D eigenvalue weighted by molar-refractivity contribution is 6.84. The Balaban J connectivity index is 0.901. The van der Waals surface area contributed by atoms with E-state index in [2.05, 4.69) is 332 Å². The molecule has 0 bridgehead atoms. The van der Waals surface area contributed by atoms with Gasteiger partial charge in [0.05, 0.1) is 16.7 Å². The van der Waals surface area contributed by atoms with Gasteiger partial charge < -0.3 is 19.3 Å². The molecule has 2 aromatic heterocycles. The van der Waals surface area contributed by atoms with Crippen LogP contribution in [0.1, 0.15) is 26.3 Å². The molecule has 0 radical (unpaired) electrons. The zero-order valence-electron chi connectivity index (χ0n) is 48.6. The van der Waals surface area contributed by atoms with Gasteiger partial charge in [-0.05, 0) is 152 Å². The van der Waals surface area contributed by atoms with Crippen LogP contribution >= 0.6 is 0 Å². The van der Waals surface area contributed by atoms with E-state index in [1.165, 1.54) is 44.1 Å². The van der Waals surface area contributed by atoms with Crippen molar-refractivity contribution in [3.05, 3.63) is 303 Å². The molecule has 0 fully saturated rings. The monoisotopic (exact) mass is 1110 g/mol. The minimum absolute atomic E-state index is 0.0409. The second kappa shape index (κ2) is 21.5. The first-order chi connectivity index (χ1) is 42.2. The molecular formula is C79H62BN5O. The van der Waals surface area contributed by atoms with Gasteiger partial charge in [-0.3, -0.25) is 4.57 Å². The summed E-state index contributed by atoms with van der Waals surface area (Å²) in [4.78, 5) is 12.4. The van der Waals surface area contributed by atoms with Crippen LogP contribution in [0.25, 0.3) is 94.4 Å². The number of anilines is 2. The third-order valence-electron chi connectivity index (χ3n) is 17.3. The number of fused-ring (bicyclic) bond motifs is 6. The lowest BCUT2D eigenvalue weighted by Gasteiger charge is -2.41. The Bertz CT molecular complexity index is 4450. The number of hydrogen-bond acceptors (Lipinski definition) is 5. The zero-order chi connectivity index (χ0) is 57.9. The number of hydrogen-bond donors (Lipinski definition) is 0. The van der Waals surface area contributed by atoms with Crippen LogP contribution < -0.4 is 25.5 Å². The smallest absolute Gasteiger partial charge is 0.326 e. The molecule has 0 atom stereocenters. The summed E-state index contributed by atoms with van der Waals surface area (Å²) >= 11 is 0. The summed E-state index contributed by atoms with van der Waals surface area (Å²) in [5.41, 5.74) is 21.8. The predicted octanol–water partition coefficient (Wildman–Crippen LogP) is 18.4. The highest BCUT2D eigenvalue weighted by Gasteiger charge is 2.41. The van der Waals surface area contributed by atoms with Crippen LogP contribution in [0.4, 0.5) is 11.4 Å². The molecule has 15 rings (SSSR count). The Hall–Kier alpha value is -10.6. The van der Waals surface area contributed by atoms with E-state index >= 15 is 0 Å². The lowest BCUT2D eigenvalue weighted by Crippen LogP contribution is -2.61. The van der Waals surface area contributed by atoms with E-state index in [1.54, 1.807) is 0 Å². The van der Waals surface area contributed by atoms with Crippen LogP contribution in [-0.2, 0) is 5.41 Å². The molecule has 4 heterocycles. The third-order valence-corrected chi connectivity index (χ3v) is 17.3. The molecule has 7 heteroatoms. The Labute approximate surface area is 503 Å². The Kier molecular flexibility index (Phi) is 13.1. The van der Waals surface area contributed by atoms with E-state index in [-0.39, 0.29) is 12.3 Å². The van der Waals surface area contributed by atoms with Crippen LogP contribution in [0.15, 0.2) is 297 Å². The van der Waals surface area contributed by atoms with Crippen LogP contribution in [0, 0.1) is 0 Å². The molecule has 0 spiro atoms. The third kappa shape index (κ3) is 9.57. The fraction of sp³-hybridized carbons (Fsp3) is 0.0759. The Morgan fingerprint density at radius 2 is 0.919 bits per heavy atom. The molecule has 0 N–H and O–H groups in total. The fourth-order valence-electron chi connectivity index (χ4n) is 13.0. The first-order valence-electron chi connectivity index (χ1n) is 29.7. The van der Waals surface area contributed by atoms with Gasteiger partial charge in [-0.2, -0.15) is 0 Å². The molecule has 13 aromatic rings. The van der Waals surface area contributed by atoms with Gasteiger partial charge in [0, 0.05) is 52.1 Å². The zero-order valence-corrected chi connectivity index (χ0v) is 48.6. The van der Waals surface area contributed by atoms with Crippen molar-refractivity contribution in [3.8, 4) is 84.1 Å². The molecule has 0 unspecified atom stereocenters. The van der Waals surface area contributed by atoms with E-state index in [4.69, 9.17) is 9.72 Å². The van der Waals surface area contributed by atoms with Crippen molar-refractivity contribution < 1.29 is 4.74 Å². The molecule has 0 aliphatic carbocycles. The summed E-state index contributed by atoms with van der Waals surface area (Å²) in [5.74, 6) is 3.48. The largest absolute Gasteiger partial charge is 0.457 e. The summed E-state index contributed by atoms with van der Waals surface area (Å²) in [6, 6.07) is 101. The summed E-state index contributed by atoms with van der Waals surface area (Å²) < 4.78 is 9.36.